The second-order valence-electron chi connectivity index (χ2n) is 6.20. The maximum Gasteiger partial charge on any atom is 0.221 e. The van der Waals surface area contributed by atoms with Crippen molar-refractivity contribution >= 4 is 17.3 Å². The Balaban J connectivity index is 1.79. The number of hydrogen-bond donors (Lipinski definition) is 1. The predicted molar refractivity (Wildman–Crippen MR) is 102 cm³/mol. The van der Waals surface area contributed by atoms with Crippen LogP contribution in [0, 0.1) is 0 Å². The molecule has 25 heavy (non-hydrogen) atoms. The van der Waals surface area contributed by atoms with E-state index in [4.69, 9.17) is 0 Å². The quantitative estimate of drug-likeness (QED) is 0.775. The Hall–Kier alpha value is -3.08. The van der Waals surface area contributed by atoms with Crippen molar-refractivity contribution in [1.29, 1.82) is 0 Å². The van der Waals surface area contributed by atoms with Crippen LogP contribution in [0.5, 0.6) is 0 Å². The van der Waals surface area contributed by atoms with E-state index < -0.39 is 0 Å². The van der Waals surface area contributed by atoms with Gasteiger partial charge in [-0.05, 0) is 42.0 Å². The van der Waals surface area contributed by atoms with Gasteiger partial charge in [-0.25, -0.2) is 4.98 Å². The molecule has 3 aromatic rings. The van der Waals surface area contributed by atoms with Crippen molar-refractivity contribution in [2.45, 2.75) is 13.5 Å². The second kappa shape index (κ2) is 7.21. The molecule has 0 fully saturated rings. The molecule has 0 aliphatic rings. The molecule has 0 saturated heterocycles. The topological polar surface area (TPSA) is 50.2 Å². The van der Waals surface area contributed by atoms with E-state index in [1.807, 2.05) is 50.8 Å². The molecule has 1 N–H and O–H groups in total. The van der Waals surface area contributed by atoms with Gasteiger partial charge in [-0.3, -0.25) is 4.79 Å². The molecule has 0 aliphatic heterocycles. The molecule has 128 valence electrons. The van der Waals surface area contributed by atoms with Crippen molar-refractivity contribution < 1.29 is 4.79 Å². The number of nitrogens with zero attached hydrogens (tertiary/aromatic N) is 3. The summed E-state index contributed by atoms with van der Waals surface area (Å²) in [6, 6.07) is 16.2. The molecule has 1 aromatic heterocycles. The summed E-state index contributed by atoms with van der Waals surface area (Å²) < 4.78 is 2.12. The molecule has 1 amide bonds. The number of rotatable bonds is 5. The zero-order valence-electron chi connectivity index (χ0n) is 14.7. The molecule has 1 heterocycles. The monoisotopic (exact) mass is 334 g/mol. The molecule has 0 aliphatic carbocycles. The first-order chi connectivity index (χ1) is 12.0. The Bertz CT molecular complexity index is 848. The lowest BCUT2D eigenvalue weighted by molar-refractivity contribution is -0.114. The molecule has 0 saturated carbocycles. The van der Waals surface area contributed by atoms with Gasteiger partial charge in [0.1, 0.15) is 5.82 Å². The lowest BCUT2D eigenvalue weighted by Crippen LogP contribution is -2.08. The maximum absolute atomic E-state index is 11.1. The highest BCUT2D eigenvalue weighted by molar-refractivity contribution is 5.88. The number of imidazole rings is 1. The number of carbonyl (C=O) groups excluding carboxylic acids is 1. The SMILES string of the molecule is CC(=O)Nc1ccc(-c2nccn2Cc2ccc(N(C)C)cc2)cc1. The van der Waals surface area contributed by atoms with E-state index in [1.54, 1.807) is 0 Å². The highest BCUT2D eigenvalue weighted by Crippen LogP contribution is 2.21. The lowest BCUT2D eigenvalue weighted by Gasteiger charge is -2.13. The standard InChI is InChI=1S/C20H22N4O/c1-15(25)22-18-8-6-17(7-9-18)20-21-12-13-24(20)14-16-4-10-19(11-5-16)23(2)3/h4-13H,14H2,1-3H3,(H,22,25). The number of amides is 1. The first-order valence-corrected chi connectivity index (χ1v) is 8.18. The van der Waals surface area contributed by atoms with Gasteiger partial charge in [0.25, 0.3) is 0 Å². The summed E-state index contributed by atoms with van der Waals surface area (Å²) >= 11 is 0. The fourth-order valence-electron chi connectivity index (χ4n) is 2.70. The van der Waals surface area contributed by atoms with E-state index in [0.717, 1.165) is 23.6 Å². The minimum atomic E-state index is -0.0737. The minimum absolute atomic E-state index is 0.0737. The average molecular weight is 334 g/mol. The van der Waals surface area contributed by atoms with E-state index in [9.17, 15) is 4.79 Å². The third-order valence-electron chi connectivity index (χ3n) is 3.98. The first kappa shape index (κ1) is 16.8. The van der Waals surface area contributed by atoms with Gasteiger partial charge < -0.3 is 14.8 Å². The smallest absolute Gasteiger partial charge is 0.221 e. The van der Waals surface area contributed by atoms with E-state index in [1.165, 1.54) is 18.2 Å². The largest absolute Gasteiger partial charge is 0.378 e. The number of hydrogen-bond acceptors (Lipinski definition) is 3. The molecule has 0 radical (unpaired) electrons. The number of benzene rings is 2. The van der Waals surface area contributed by atoms with Gasteiger partial charge in [0, 0.05) is 56.9 Å². The zero-order chi connectivity index (χ0) is 17.8. The molecule has 2 aromatic carbocycles. The van der Waals surface area contributed by atoms with Crippen LogP contribution in [0.3, 0.4) is 0 Å². The maximum atomic E-state index is 11.1. The van der Waals surface area contributed by atoms with Crippen LogP contribution in [0.4, 0.5) is 11.4 Å². The van der Waals surface area contributed by atoms with Gasteiger partial charge in [0.2, 0.25) is 5.91 Å². The third kappa shape index (κ3) is 4.07. The van der Waals surface area contributed by atoms with Gasteiger partial charge >= 0.3 is 0 Å². The van der Waals surface area contributed by atoms with Crippen LogP contribution in [-0.2, 0) is 11.3 Å². The summed E-state index contributed by atoms with van der Waals surface area (Å²) in [5.74, 6) is 0.835. The van der Waals surface area contributed by atoms with Gasteiger partial charge in [-0.15, -0.1) is 0 Å². The van der Waals surface area contributed by atoms with Crippen LogP contribution in [0.1, 0.15) is 12.5 Å². The summed E-state index contributed by atoms with van der Waals surface area (Å²) in [6.45, 7) is 2.26. The van der Waals surface area contributed by atoms with Crippen molar-refractivity contribution in [3.05, 3.63) is 66.5 Å². The van der Waals surface area contributed by atoms with Gasteiger partial charge in [-0.2, -0.15) is 0 Å². The normalized spacial score (nSPS) is 10.5. The zero-order valence-corrected chi connectivity index (χ0v) is 14.7. The van der Waals surface area contributed by atoms with Crippen LogP contribution >= 0.6 is 0 Å². The second-order valence-corrected chi connectivity index (χ2v) is 6.20. The highest BCUT2D eigenvalue weighted by atomic mass is 16.1. The van der Waals surface area contributed by atoms with Gasteiger partial charge in [0.05, 0.1) is 0 Å². The van der Waals surface area contributed by atoms with Crippen molar-refractivity contribution in [2.75, 3.05) is 24.3 Å². The fraction of sp³-hybridized carbons (Fsp3) is 0.200. The lowest BCUT2D eigenvalue weighted by atomic mass is 10.1. The summed E-state index contributed by atoms with van der Waals surface area (Å²) in [6.07, 6.45) is 3.79. The summed E-state index contributed by atoms with van der Waals surface area (Å²) in [5, 5.41) is 2.78. The average Bonchev–Trinajstić information content (AvgIpc) is 3.03. The molecular formula is C20H22N4O. The molecule has 0 bridgehead atoms. The summed E-state index contributed by atoms with van der Waals surface area (Å²) in [5.41, 5.74) is 4.21. The molecule has 5 nitrogen and oxygen atoms in total. The summed E-state index contributed by atoms with van der Waals surface area (Å²) in [4.78, 5) is 17.7. The van der Waals surface area contributed by atoms with Crippen LogP contribution in [0.25, 0.3) is 11.4 Å². The van der Waals surface area contributed by atoms with E-state index in [2.05, 4.69) is 44.0 Å². The Labute approximate surface area is 147 Å². The Morgan fingerprint density at radius 2 is 1.76 bits per heavy atom. The van der Waals surface area contributed by atoms with Crippen molar-refractivity contribution in [3.8, 4) is 11.4 Å². The number of carbonyl (C=O) groups is 1. The van der Waals surface area contributed by atoms with Crippen molar-refractivity contribution in [2.24, 2.45) is 0 Å². The van der Waals surface area contributed by atoms with Crippen LogP contribution in [-0.4, -0.2) is 29.6 Å². The van der Waals surface area contributed by atoms with Crippen LogP contribution in [0.2, 0.25) is 0 Å². The summed E-state index contributed by atoms with van der Waals surface area (Å²) in [7, 11) is 4.07. The molecule has 0 spiro atoms. The Morgan fingerprint density at radius 1 is 1.08 bits per heavy atom. The van der Waals surface area contributed by atoms with Crippen molar-refractivity contribution in [1.82, 2.24) is 9.55 Å². The Morgan fingerprint density at radius 3 is 2.36 bits per heavy atom. The fourth-order valence-corrected chi connectivity index (χ4v) is 2.70. The number of anilines is 2. The van der Waals surface area contributed by atoms with Gasteiger partial charge in [-0.1, -0.05) is 12.1 Å². The van der Waals surface area contributed by atoms with Gasteiger partial charge in [0.15, 0.2) is 0 Å². The van der Waals surface area contributed by atoms with Crippen LogP contribution in [0.15, 0.2) is 60.9 Å². The predicted octanol–water partition coefficient (Wildman–Crippen LogP) is 3.62. The molecule has 5 heteroatoms. The number of aromatic nitrogens is 2. The highest BCUT2D eigenvalue weighted by Gasteiger charge is 2.07. The molecule has 0 atom stereocenters. The van der Waals surface area contributed by atoms with E-state index >= 15 is 0 Å². The minimum Gasteiger partial charge on any atom is -0.378 e. The van der Waals surface area contributed by atoms with Crippen LogP contribution < -0.4 is 10.2 Å². The van der Waals surface area contributed by atoms with E-state index in [0.29, 0.717) is 0 Å². The van der Waals surface area contributed by atoms with E-state index in [-0.39, 0.29) is 5.91 Å². The third-order valence-corrected chi connectivity index (χ3v) is 3.98. The first-order valence-electron chi connectivity index (χ1n) is 8.18. The molecule has 3 rings (SSSR count). The molecular weight excluding hydrogens is 312 g/mol. The Kier molecular flexibility index (Phi) is 4.84. The number of nitrogens with one attached hydrogen (secondary N) is 1. The molecule has 0 unspecified atom stereocenters. The van der Waals surface area contributed by atoms with Crippen molar-refractivity contribution in [3.63, 3.8) is 0 Å².